The Labute approximate surface area is 154 Å². The monoisotopic (exact) mass is 368 g/mol. The van der Waals surface area contributed by atoms with E-state index in [0.29, 0.717) is 12.4 Å². The molecule has 26 heavy (non-hydrogen) atoms. The summed E-state index contributed by atoms with van der Waals surface area (Å²) in [7, 11) is 0. The molecule has 0 radical (unpaired) electrons. The lowest BCUT2D eigenvalue weighted by molar-refractivity contribution is -0.452. The van der Waals surface area contributed by atoms with Crippen molar-refractivity contribution in [1.29, 1.82) is 0 Å². The van der Waals surface area contributed by atoms with Crippen LogP contribution in [0.3, 0.4) is 0 Å². The number of carbonyl (C=O) groups is 2. The van der Waals surface area contributed by atoms with Crippen LogP contribution in [0.2, 0.25) is 0 Å². The average molecular weight is 368 g/mol. The maximum absolute atomic E-state index is 11.7. The molecule has 7 nitrogen and oxygen atoms in total. The third-order valence-corrected chi connectivity index (χ3v) is 3.54. The average Bonchev–Trinajstić information content (AvgIpc) is 2.65. The normalized spacial score (nSPS) is 10.2. The third kappa shape index (κ3) is 9.88. The van der Waals surface area contributed by atoms with Crippen LogP contribution in [0.5, 0.6) is 5.75 Å². The Hall–Kier alpha value is -2.28. The van der Waals surface area contributed by atoms with E-state index < -0.39 is 12.1 Å². The Balaban J connectivity index is 2.21. The van der Waals surface area contributed by atoms with Gasteiger partial charge in [0.05, 0.1) is 23.8 Å². The second-order valence-corrected chi connectivity index (χ2v) is 5.76. The standard InChI is InChI=1S/C19H28O7/c1-3-5-7-9-14-22-17-12-10-16(11-13-17)18(20)24-26-25-19(21)23-15-8-6-4-2/h10-13H,3-9,14-15H2,1-2H3. The highest BCUT2D eigenvalue weighted by molar-refractivity contribution is 5.89. The van der Waals surface area contributed by atoms with Gasteiger partial charge in [-0.1, -0.05) is 46.0 Å². The first kappa shape index (κ1) is 21.8. The maximum Gasteiger partial charge on any atom is 0.543 e. The highest BCUT2D eigenvalue weighted by Gasteiger charge is 2.12. The summed E-state index contributed by atoms with van der Waals surface area (Å²) in [5.41, 5.74) is 0.239. The molecule has 0 aliphatic rings. The van der Waals surface area contributed by atoms with Gasteiger partial charge in [-0.25, -0.2) is 14.5 Å². The molecule has 0 unspecified atom stereocenters. The Kier molecular flexibility index (Phi) is 11.7. The molecule has 1 aromatic rings. The fourth-order valence-electron chi connectivity index (χ4n) is 2.06. The molecule has 0 saturated heterocycles. The Morgan fingerprint density at radius 1 is 0.808 bits per heavy atom. The van der Waals surface area contributed by atoms with Crippen molar-refractivity contribution in [2.24, 2.45) is 0 Å². The molecule has 1 aromatic carbocycles. The van der Waals surface area contributed by atoms with Crippen molar-refractivity contribution < 1.29 is 33.9 Å². The molecular formula is C19H28O7. The lowest BCUT2D eigenvalue weighted by Gasteiger charge is -2.07. The lowest BCUT2D eigenvalue weighted by Crippen LogP contribution is -2.12. The number of hydrogen-bond acceptors (Lipinski definition) is 7. The SMILES string of the molecule is CCCCCCOc1ccc(C(=O)OOOC(=O)OCCCCC)cc1. The predicted molar refractivity (Wildman–Crippen MR) is 94.5 cm³/mol. The molecule has 146 valence electrons. The maximum atomic E-state index is 11.7. The fraction of sp³-hybridized carbons (Fsp3) is 0.579. The summed E-state index contributed by atoms with van der Waals surface area (Å²) < 4.78 is 10.3. The molecule has 0 aromatic heterocycles. The van der Waals surface area contributed by atoms with Gasteiger partial charge in [0.25, 0.3) is 0 Å². The topological polar surface area (TPSA) is 80.3 Å². The largest absolute Gasteiger partial charge is 0.543 e. The number of unbranched alkanes of at least 4 members (excludes halogenated alkanes) is 5. The van der Waals surface area contributed by atoms with Gasteiger partial charge in [0, 0.05) is 0 Å². The molecule has 0 aliphatic heterocycles. The smallest absolute Gasteiger partial charge is 0.494 e. The van der Waals surface area contributed by atoms with Crippen LogP contribution in [-0.4, -0.2) is 25.3 Å². The van der Waals surface area contributed by atoms with Crippen LogP contribution in [0, 0.1) is 0 Å². The van der Waals surface area contributed by atoms with Gasteiger partial charge in [-0.3, -0.25) is 4.89 Å². The van der Waals surface area contributed by atoms with E-state index in [1.165, 1.54) is 25.0 Å². The van der Waals surface area contributed by atoms with E-state index in [1.54, 1.807) is 12.1 Å². The van der Waals surface area contributed by atoms with Gasteiger partial charge >= 0.3 is 12.1 Å². The van der Waals surface area contributed by atoms with Crippen LogP contribution in [0.25, 0.3) is 0 Å². The molecule has 0 atom stereocenters. The van der Waals surface area contributed by atoms with Crippen molar-refractivity contribution in [3.63, 3.8) is 0 Å². The van der Waals surface area contributed by atoms with Crippen molar-refractivity contribution in [2.75, 3.05) is 13.2 Å². The zero-order valence-corrected chi connectivity index (χ0v) is 15.5. The third-order valence-electron chi connectivity index (χ3n) is 3.54. The summed E-state index contributed by atoms with van der Waals surface area (Å²) in [5, 5.41) is 4.15. The molecule has 0 saturated carbocycles. The van der Waals surface area contributed by atoms with Gasteiger partial charge in [-0.2, -0.15) is 0 Å². The highest BCUT2D eigenvalue weighted by atomic mass is 17.5. The summed E-state index contributed by atoms with van der Waals surface area (Å²) in [6.45, 7) is 5.06. The van der Waals surface area contributed by atoms with Crippen LogP contribution in [0.1, 0.15) is 69.2 Å². The van der Waals surface area contributed by atoms with Crippen LogP contribution in [0.15, 0.2) is 24.3 Å². The van der Waals surface area contributed by atoms with E-state index in [2.05, 4.69) is 21.7 Å². The molecule has 0 fully saturated rings. The van der Waals surface area contributed by atoms with Crippen molar-refractivity contribution >= 4 is 12.1 Å². The van der Waals surface area contributed by atoms with Crippen molar-refractivity contribution in [3.8, 4) is 5.75 Å². The Bertz CT molecular complexity index is 513. The molecule has 0 bridgehead atoms. The van der Waals surface area contributed by atoms with E-state index >= 15 is 0 Å². The number of rotatable bonds is 13. The van der Waals surface area contributed by atoms with E-state index in [4.69, 9.17) is 9.47 Å². The van der Waals surface area contributed by atoms with Gasteiger partial charge in [0.1, 0.15) is 5.75 Å². The minimum Gasteiger partial charge on any atom is -0.494 e. The van der Waals surface area contributed by atoms with Gasteiger partial charge in [0.2, 0.25) is 0 Å². The van der Waals surface area contributed by atoms with Gasteiger partial charge in [-0.15, -0.1) is 0 Å². The number of ether oxygens (including phenoxy) is 2. The number of carbonyl (C=O) groups excluding carboxylic acids is 2. The van der Waals surface area contributed by atoms with Crippen molar-refractivity contribution in [1.82, 2.24) is 0 Å². The van der Waals surface area contributed by atoms with Crippen molar-refractivity contribution in [2.45, 2.75) is 58.8 Å². The summed E-state index contributed by atoms with van der Waals surface area (Å²) in [6.07, 6.45) is 6.15. The predicted octanol–water partition coefficient (Wildman–Crippen LogP) is 4.99. The molecule has 0 N–H and O–H groups in total. The molecule has 1 rings (SSSR count). The fourth-order valence-corrected chi connectivity index (χ4v) is 2.06. The number of benzene rings is 1. The van der Waals surface area contributed by atoms with E-state index in [9.17, 15) is 9.59 Å². The second kappa shape index (κ2) is 13.9. The first-order valence-corrected chi connectivity index (χ1v) is 9.12. The molecule has 0 aliphatic carbocycles. The number of hydrogen-bond donors (Lipinski definition) is 0. The lowest BCUT2D eigenvalue weighted by atomic mass is 10.2. The van der Waals surface area contributed by atoms with Gasteiger partial charge in [0.15, 0.2) is 0 Å². The van der Waals surface area contributed by atoms with Crippen LogP contribution < -0.4 is 4.74 Å². The van der Waals surface area contributed by atoms with E-state index in [0.717, 1.165) is 32.1 Å². The quantitative estimate of drug-likeness (QED) is 0.210. The second-order valence-electron chi connectivity index (χ2n) is 5.76. The van der Waals surface area contributed by atoms with E-state index in [-0.39, 0.29) is 12.2 Å². The van der Waals surface area contributed by atoms with Crippen LogP contribution in [0.4, 0.5) is 4.79 Å². The van der Waals surface area contributed by atoms with Crippen LogP contribution >= 0.6 is 0 Å². The molecule has 7 heteroatoms. The molecule has 0 spiro atoms. The van der Waals surface area contributed by atoms with Gasteiger partial charge in [-0.05, 0) is 37.1 Å². The summed E-state index contributed by atoms with van der Waals surface area (Å²) in [5.74, 6) is -0.121. The Morgan fingerprint density at radius 2 is 1.46 bits per heavy atom. The van der Waals surface area contributed by atoms with Gasteiger partial charge < -0.3 is 9.47 Å². The first-order chi connectivity index (χ1) is 12.7. The summed E-state index contributed by atoms with van der Waals surface area (Å²) >= 11 is 0. The molecule has 0 heterocycles. The van der Waals surface area contributed by atoms with Crippen molar-refractivity contribution in [3.05, 3.63) is 29.8 Å². The zero-order valence-electron chi connectivity index (χ0n) is 15.5. The van der Waals surface area contributed by atoms with Crippen LogP contribution in [-0.2, 0) is 19.6 Å². The minimum absolute atomic E-state index is 0.226. The minimum atomic E-state index is -1.05. The zero-order chi connectivity index (χ0) is 19.0. The molecular weight excluding hydrogens is 340 g/mol. The molecule has 0 amide bonds. The summed E-state index contributed by atoms with van der Waals surface area (Å²) in [6, 6.07) is 6.41. The highest BCUT2D eigenvalue weighted by Crippen LogP contribution is 2.14. The Morgan fingerprint density at radius 3 is 2.15 bits per heavy atom. The summed E-state index contributed by atoms with van der Waals surface area (Å²) in [4.78, 5) is 31.5. The van der Waals surface area contributed by atoms with E-state index in [1.807, 2.05) is 6.92 Å². The first-order valence-electron chi connectivity index (χ1n) is 9.12.